The summed E-state index contributed by atoms with van der Waals surface area (Å²) >= 11 is 0. The molecular weight excluding hydrogens is 338 g/mol. The van der Waals surface area contributed by atoms with Crippen molar-refractivity contribution in [3.8, 4) is 5.75 Å². The van der Waals surface area contributed by atoms with Crippen LogP contribution in [-0.4, -0.2) is 22.9 Å². The number of anilines is 1. The molecule has 0 spiro atoms. The van der Waals surface area contributed by atoms with Crippen LogP contribution < -0.4 is 10.5 Å². The van der Waals surface area contributed by atoms with Crippen molar-refractivity contribution >= 4 is 11.7 Å². The van der Waals surface area contributed by atoms with E-state index in [0.29, 0.717) is 30.0 Å². The molecule has 1 aromatic heterocycles. The number of nitrogen functional groups attached to an aromatic ring is 1. The number of hydrogen-bond acceptors (Lipinski definition) is 5. The van der Waals surface area contributed by atoms with Gasteiger partial charge >= 0.3 is 0 Å². The molecule has 2 N–H and O–H groups in total. The number of carbonyl (C=O) groups excluding carboxylic acids is 1. The molecule has 0 bridgehead atoms. The highest BCUT2D eigenvalue weighted by molar-refractivity contribution is 5.99. The summed E-state index contributed by atoms with van der Waals surface area (Å²) in [4.78, 5) is 21.5. The van der Waals surface area contributed by atoms with E-state index in [1.165, 1.54) is 43.2 Å². The molecule has 5 nitrogen and oxygen atoms in total. The first-order chi connectivity index (χ1) is 13.1. The Balaban J connectivity index is 1.78. The van der Waals surface area contributed by atoms with Gasteiger partial charge in [-0.15, -0.1) is 0 Å². The maximum Gasteiger partial charge on any atom is 0.220 e. The largest absolute Gasteiger partial charge is 0.496 e. The van der Waals surface area contributed by atoms with Crippen LogP contribution in [0.25, 0.3) is 0 Å². The zero-order chi connectivity index (χ0) is 19.0. The Labute approximate surface area is 160 Å². The van der Waals surface area contributed by atoms with Gasteiger partial charge in [0.05, 0.1) is 24.1 Å². The average molecular weight is 365 g/mol. The third-order valence-electron chi connectivity index (χ3n) is 6.11. The summed E-state index contributed by atoms with van der Waals surface area (Å²) in [5, 5.41) is 0. The first-order valence-electron chi connectivity index (χ1n) is 9.91. The molecular formula is C22H27N3O2. The van der Waals surface area contributed by atoms with Gasteiger partial charge in [-0.3, -0.25) is 4.79 Å². The number of fused-ring (bicyclic) bond motifs is 1. The predicted octanol–water partition coefficient (Wildman–Crippen LogP) is 4.34. The molecule has 1 unspecified atom stereocenters. The van der Waals surface area contributed by atoms with Crippen molar-refractivity contribution < 1.29 is 9.53 Å². The number of benzene rings is 1. The highest BCUT2D eigenvalue weighted by atomic mass is 16.5. The molecule has 2 aromatic rings. The number of nitrogens with zero attached hydrogens (tertiary/aromatic N) is 2. The average Bonchev–Trinajstić information content (AvgIpc) is 2.67. The Morgan fingerprint density at radius 2 is 1.85 bits per heavy atom. The number of hydrogen-bond donors (Lipinski definition) is 1. The Morgan fingerprint density at radius 3 is 2.59 bits per heavy atom. The third kappa shape index (κ3) is 3.31. The summed E-state index contributed by atoms with van der Waals surface area (Å²) < 4.78 is 5.73. The molecule has 1 atom stereocenters. The second-order valence-electron chi connectivity index (χ2n) is 7.82. The van der Waals surface area contributed by atoms with E-state index in [0.717, 1.165) is 11.4 Å². The number of ether oxygens (including phenoxy) is 1. The lowest BCUT2D eigenvalue weighted by Crippen LogP contribution is -2.24. The van der Waals surface area contributed by atoms with Crippen molar-refractivity contribution in [1.29, 1.82) is 0 Å². The van der Waals surface area contributed by atoms with Gasteiger partial charge in [0.1, 0.15) is 5.75 Å². The molecule has 1 heterocycles. The fraction of sp³-hybridized carbons (Fsp3) is 0.500. The van der Waals surface area contributed by atoms with Gasteiger partial charge in [0.2, 0.25) is 5.95 Å². The van der Waals surface area contributed by atoms with Gasteiger partial charge in [-0.25, -0.2) is 9.97 Å². The summed E-state index contributed by atoms with van der Waals surface area (Å²) in [5.74, 6) is 1.87. The van der Waals surface area contributed by atoms with Gasteiger partial charge in [0, 0.05) is 17.9 Å². The standard InChI is InChI=1S/C22H27N3O2/c1-13-20-17(25-22(23)24-13)11-15(12-18(20)26)21-16(9-6-10-19(21)27-2)14-7-4-3-5-8-14/h6,9-10,14-15H,3-5,7-8,11-12H2,1-2H3,(H2,23,24,25). The molecule has 1 aromatic carbocycles. The van der Waals surface area contributed by atoms with Crippen molar-refractivity contribution in [1.82, 2.24) is 9.97 Å². The molecule has 142 valence electrons. The van der Waals surface area contributed by atoms with Crippen LogP contribution in [0.3, 0.4) is 0 Å². The lowest BCUT2D eigenvalue weighted by molar-refractivity contribution is 0.0961. The van der Waals surface area contributed by atoms with Gasteiger partial charge in [-0.2, -0.15) is 0 Å². The molecule has 2 aliphatic carbocycles. The number of aryl methyl sites for hydroxylation is 1. The van der Waals surface area contributed by atoms with Gasteiger partial charge in [-0.05, 0) is 43.7 Å². The molecule has 1 saturated carbocycles. The lowest BCUT2D eigenvalue weighted by Gasteiger charge is -2.31. The summed E-state index contributed by atoms with van der Waals surface area (Å²) in [7, 11) is 1.71. The zero-order valence-corrected chi connectivity index (χ0v) is 16.1. The second-order valence-corrected chi connectivity index (χ2v) is 7.82. The van der Waals surface area contributed by atoms with E-state index in [9.17, 15) is 4.79 Å². The minimum absolute atomic E-state index is 0.0757. The summed E-state index contributed by atoms with van der Waals surface area (Å²) in [5.41, 5.74) is 10.5. The van der Waals surface area contributed by atoms with Crippen LogP contribution in [0.5, 0.6) is 5.75 Å². The number of ketones is 1. The minimum Gasteiger partial charge on any atom is -0.496 e. The van der Waals surface area contributed by atoms with Crippen molar-refractivity contribution in [3.05, 3.63) is 46.3 Å². The first-order valence-corrected chi connectivity index (χ1v) is 9.91. The number of aromatic nitrogens is 2. The fourth-order valence-corrected chi connectivity index (χ4v) is 4.95. The normalized spacial score (nSPS) is 20.4. The van der Waals surface area contributed by atoms with E-state index < -0.39 is 0 Å². The number of carbonyl (C=O) groups is 1. The lowest BCUT2D eigenvalue weighted by atomic mass is 9.74. The van der Waals surface area contributed by atoms with Crippen molar-refractivity contribution in [2.75, 3.05) is 12.8 Å². The Morgan fingerprint density at radius 1 is 1.07 bits per heavy atom. The van der Waals surface area contributed by atoms with Crippen LogP contribution in [0.2, 0.25) is 0 Å². The number of Topliss-reactive ketones (excluding diaryl/α,β-unsaturated/α-hetero) is 1. The van der Waals surface area contributed by atoms with Crippen LogP contribution in [0.1, 0.15) is 83.2 Å². The summed E-state index contributed by atoms with van der Waals surface area (Å²) in [6, 6.07) is 6.32. The Hall–Kier alpha value is -2.43. The van der Waals surface area contributed by atoms with Crippen LogP contribution in [0.15, 0.2) is 18.2 Å². The highest BCUT2D eigenvalue weighted by Gasteiger charge is 2.33. The molecule has 2 aliphatic rings. The maximum atomic E-state index is 12.9. The molecule has 1 fully saturated rings. The fourth-order valence-electron chi connectivity index (χ4n) is 4.95. The first kappa shape index (κ1) is 18.0. The van der Waals surface area contributed by atoms with Crippen LogP contribution in [-0.2, 0) is 6.42 Å². The van der Waals surface area contributed by atoms with Crippen LogP contribution in [0, 0.1) is 6.92 Å². The second kappa shape index (κ2) is 7.29. The molecule has 0 saturated heterocycles. The summed E-state index contributed by atoms with van der Waals surface area (Å²) in [6.07, 6.45) is 7.47. The topological polar surface area (TPSA) is 78.1 Å². The maximum absolute atomic E-state index is 12.9. The van der Waals surface area contributed by atoms with E-state index in [2.05, 4.69) is 22.1 Å². The molecule has 0 aliphatic heterocycles. The number of rotatable bonds is 3. The van der Waals surface area contributed by atoms with Gasteiger partial charge in [0.25, 0.3) is 0 Å². The molecule has 0 amide bonds. The number of nitrogens with two attached hydrogens (primary N) is 1. The third-order valence-corrected chi connectivity index (χ3v) is 6.11. The van der Waals surface area contributed by atoms with E-state index in [1.807, 2.05) is 13.0 Å². The quantitative estimate of drug-likeness (QED) is 0.875. The van der Waals surface area contributed by atoms with Gasteiger partial charge in [0.15, 0.2) is 5.78 Å². The van der Waals surface area contributed by atoms with Crippen molar-refractivity contribution in [3.63, 3.8) is 0 Å². The minimum atomic E-state index is 0.0757. The van der Waals surface area contributed by atoms with Gasteiger partial charge in [-0.1, -0.05) is 31.4 Å². The Bertz CT molecular complexity index is 872. The highest BCUT2D eigenvalue weighted by Crippen LogP contribution is 2.44. The molecule has 4 rings (SSSR count). The molecule has 5 heteroatoms. The van der Waals surface area contributed by atoms with Crippen molar-refractivity contribution in [2.45, 2.75) is 63.7 Å². The molecule has 27 heavy (non-hydrogen) atoms. The van der Waals surface area contributed by atoms with E-state index in [4.69, 9.17) is 10.5 Å². The Kier molecular flexibility index (Phi) is 4.85. The van der Waals surface area contributed by atoms with E-state index in [1.54, 1.807) is 7.11 Å². The monoisotopic (exact) mass is 365 g/mol. The summed E-state index contributed by atoms with van der Waals surface area (Å²) in [6.45, 7) is 1.84. The van der Waals surface area contributed by atoms with E-state index in [-0.39, 0.29) is 17.6 Å². The van der Waals surface area contributed by atoms with Gasteiger partial charge < -0.3 is 10.5 Å². The van der Waals surface area contributed by atoms with Crippen LogP contribution >= 0.6 is 0 Å². The SMILES string of the molecule is COc1cccc(C2CCCCC2)c1C1CC(=O)c2c(C)nc(N)nc2C1. The number of methoxy groups -OCH3 is 1. The van der Waals surface area contributed by atoms with Crippen LogP contribution in [0.4, 0.5) is 5.95 Å². The van der Waals surface area contributed by atoms with Crippen molar-refractivity contribution in [2.24, 2.45) is 0 Å². The molecule has 0 radical (unpaired) electrons. The zero-order valence-electron chi connectivity index (χ0n) is 16.1. The smallest absolute Gasteiger partial charge is 0.220 e. The van der Waals surface area contributed by atoms with E-state index >= 15 is 0 Å². The predicted molar refractivity (Wildman–Crippen MR) is 105 cm³/mol.